The third-order valence-electron chi connectivity index (χ3n) is 4.31. The Bertz CT molecular complexity index is 465. The van der Waals surface area contributed by atoms with Gasteiger partial charge in [0.2, 0.25) is 0 Å². The van der Waals surface area contributed by atoms with Gasteiger partial charge in [0.15, 0.2) is 0 Å². The first-order valence-electron chi connectivity index (χ1n) is 6.81. The van der Waals surface area contributed by atoms with Crippen LogP contribution in [0.15, 0.2) is 12.1 Å². The number of likely N-dealkylation sites (tertiary alicyclic amines) is 1. The zero-order valence-corrected chi connectivity index (χ0v) is 11.8. The summed E-state index contributed by atoms with van der Waals surface area (Å²) in [6.07, 6.45) is 2.24. The van der Waals surface area contributed by atoms with Crippen LogP contribution in [0.25, 0.3) is 0 Å². The van der Waals surface area contributed by atoms with E-state index in [9.17, 15) is 8.78 Å². The van der Waals surface area contributed by atoms with Crippen LogP contribution in [-0.4, -0.2) is 23.5 Å². The van der Waals surface area contributed by atoms with Crippen LogP contribution in [0.2, 0.25) is 0 Å². The Labute approximate surface area is 113 Å². The van der Waals surface area contributed by atoms with Crippen molar-refractivity contribution in [2.24, 2.45) is 5.73 Å². The Hall–Kier alpha value is -1.00. The van der Waals surface area contributed by atoms with E-state index in [4.69, 9.17) is 5.73 Å². The van der Waals surface area contributed by atoms with E-state index in [-0.39, 0.29) is 5.56 Å². The molecule has 2 nitrogen and oxygen atoms in total. The number of benzene rings is 1. The summed E-state index contributed by atoms with van der Waals surface area (Å²) in [5.74, 6) is -1.07. The Balaban J connectivity index is 2.38. The minimum atomic E-state index is -0.675. The molecule has 1 aliphatic heterocycles. The van der Waals surface area contributed by atoms with Gasteiger partial charge < -0.3 is 5.73 Å². The van der Waals surface area contributed by atoms with Gasteiger partial charge in [0.05, 0.1) is 6.04 Å². The summed E-state index contributed by atoms with van der Waals surface area (Å²) in [6.45, 7) is 7.44. The second-order valence-electron chi connectivity index (χ2n) is 5.92. The maximum absolute atomic E-state index is 14.2. The lowest BCUT2D eigenvalue weighted by Gasteiger charge is -2.40. The number of rotatable bonds is 3. The molecule has 1 saturated heterocycles. The second kappa shape index (κ2) is 5.17. The molecule has 0 aliphatic carbocycles. The highest BCUT2D eigenvalue weighted by Crippen LogP contribution is 2.34. The second-order valence-corrected chi connectivity index (χ2v) is 5.92. The molecule has 0 saturated carbocycles. The number of halogens is 2. The van der Waals surface area contributed by atoms with Gasteiger partial charge in [-0.3, -0.25) is 4.90 Å². The molecule has 1 fully saturated rings. The Morgan fingerprint density at radius 1 is 1.21 bits per heavy atom. The summed E-state index contributed by atoms with van der Waals surface area (Å²) < 4.78 is 28.2. The van der Waals surface area contributed by atoms with E-state index in [0.29, 0.717) is 5.56 Å². The lowest BCUT2D eigenvalue weighted by Crippen LogP contribution is -2.50. The summed E-state index contributed by atoms with van der Waals surface area (Å²) in [5.41, 5.74) is 6.19. The standard InChI is InChI=1S/C15H22F2N2/c1-10-6-7-11(16)12(13(10)17)14(18)15(2,3)19-8-4-5-9-19/h6-7,14H,4-5,8-9,18H2,1-3H3. The van der Waals surface area contributed by atoms with Crippen molar-refractivity contribution >= 4 is 0 Å². The first-order chi connectivity index (χ1) is 8.85. The zero-order chi connectivity index (χ0) is 14.2. The highest BCUT2D eigenvalue weighted by atomic mass is 19.1. The first-order valence-corrected chi connectivity index (χ1v) is 6.81. The summed E-state index contributed by atoms with van der Waals surface area (Å²) in [4.78, 5) is 2.22. The number of nitrogens with two attached hydrogens (primary N) is 1. The molecular formula is C15H22F2N2. The Kier molecular flexibility index (Phi) is 3.92. The third kappa shape index (κ3) is 2.51. The highest BCUT2D eigenvalue weighted by molar-refractivity contribution is 5.31. The summed E-state index contributed by atoms with van der Waals surface area (Å²) in [6, 6.07) is 2.07. The van der Waals surface area contributed by atoms with Crippen molar-refractivity contribution in [3.8, 4) is 0 Å². The molecule has 0 radical (unpaired) electrons. The van der Waals surface area contributed by atoms with Crippen molar-refractivity contribution in [3.05, 3.63) is 34.9 Å². The van der Waals surface area contributed by atoms with E-state index < -0.39 is 23.2 Å². The van der Waals surface area contributed by atoms with Gasteiger partial charge in [-0.15, -0.1) is 0 Å². The van der Waals surface area contributed by atoms with Gasteiger partial charge in [0.1, 0.15) is 11.6 Å². The van der Waals surface area contributed by atoms with E-state index in [1.165, 1.54) is 12.1 Å². The third-order valence-corrected chi connectivity index (χ3v) is 4.31. The molecular weight excluding hydrogens is 246 g/mol. The summed E-state index contributed by atoms with van der Waals surface area (Å²) in [7, 11) is 0. The Morgan fingerprint density at radius 2 is 1.79 bits per heavy atom. The van der Waals surface area contributed by atoms with Crippen LogP contribution in [0.3, 0.4) is 0 Å². The smallest absolute Gasteiger partial charge is 0.133 e. The van der Waals surface area contributed by atoms with Crippen LogP contribution in [0.5, 0.6) is 0 Å². The maximum Gasteiger partial charge on any atom is 0.133 e. The lowest BCUT2D eigenvalue weighted by atomic mass is 9.86. The van der Waals surface area contributed by atoms with Gasteiger partial charge in [-0.25, -0.2) is 8.78 Å². The molecule has 4 heteroatoms. The fourth-order valence-corrected chi connectivity index (χ4v) is 2.81. The van der Waals surface area contributed by atoms with Crippen LogP contribution >= 0.6 is 0 Å². The van der Waals surface area contributed by atoms with Crippen LogP contribution in [0.4, 0.5) is 8.78 Å². The average Bonchev–Trinajstić information content (AvgIpc) is 2.88. The SMILES string of the molecule is Cc1ccc(F)c(C(N)C(C)(C)N2CCCC2)c1F. The number of aryl methyl sites for hydroxylation is 1. The van der Waals surface area contributed by atoms with Gasteiger partial charge in [-0.05, 0) is 58.3 Å². The molecule has 0 aromatic heterocycles. The maximum atomic E-state index is 14.2. The molecule has 1 unspecified atom stereocenters. The molecule has 2 N–H and O–H groups in total. The van der Waals surface area contributed by atoms with Crippen molar-refractivity contribution in [1.29, 1.82) is 0 Å². The number of hydrogen-bond donors (Lipinski definition) is 1. The topological polar surface area (TPSA) is 29.3 Å². The first kappa shape index (κ1) is 14.4. The summed E-state index contributed by atoms with van der Waals surface area (Å²) in [5, 5.41) is 0. The van der Waals surface area contributed by atoms with E-state index >= 15 is 0 Å². The Morgan fingerprint density at radius 3 is 2.37 bits per heavy atom. The molecule has 1 aliphatic rings. The van der Waals surface area contributed by atoms with Crippen molar-refractivity contribution in [2.45, 2.75) is 45.2 Å². The molecule has 1 aromatic rings. The molecule has 106 valence electrons. The van der Waals surface area contributed by atoms with Crippen molar-refractivity contribution in [1.82, 2.24) is 4.90 Å². The van der Waals surface area contributed by atoms with E-state index in [0.717, 1.165) is 25.9 Å². The van der Waals surface area contributed by atoms with Crippen molar-refractivity contribution in [3.63, 3.8) is 0 Å². The largest absolute Gasteiger partial charge is 0.322 e. The molecule has 0 amide bonds. The normalized spacial score (nSPS) is 18.8. The monoisotopic (exact) mass is 268 g/mol. The van der Waals surface area contributed by atoms with Crippen molar-refractivity contribution in [2.75, 3.05) is 13.1 Å². The number of nitrogens with zero attached hydrogens (tertiary/aromatic N) is 1. The fraction of sp³-hybridized carbons (Fsp3) is 0.600. The number of hydrogen-bond acceptors (Lipinski definition) is 2. The highest BCUT2D eigenvalue weighted by Gasteiger charge is 2.38. The lowest BCUT2D eigenvalue weighted by molar-refractivity contribution is 0.120. The van der Waals surface area contributed by atoms with E-state index in [1.807, 2.05) is 13.8 Å². The fourth-order valence-electron chi connectivity index (χ4n) is 2.81. The van der Waals surface area contributed by atoms with Crippen LogP contribution in [-0.2, 0) is 0 Å². The van der Waals surface area contributed by atoms with Gasteiger partial charge in [-0.1, -0.05) is 6.07 Å². The molecule has 1 atom stereocenters. The molecule has 1 aromatic carbocycles. The quantitative estimate of drug-likeness (QED) is 0.912. The average molecular weight is 268 g/mol. The molecule has 1 heterocycles. The molecule has 0 spiro atoms. The minimum absolute atomic E-state index is 0.0110. The molecule has 2 rings (SSSR count). The zero-order valence-electron chi connectivity index (χ0n) is 11.8. The molecule has 0 bridgehead atoms. The predicted molar refractivity (Wildman–Crippen MR) is 72.9 cm³/mol. The predicted octanol–water partition coefficient (Wildman–Crippen LogP) is 3.15. The van der Waals surface area contributed by atoms with Crippen LogP contribution in [0, 0.1) is 18.6 Å². The van der Waals surface area contributed by atoms with Gasteiger partial charge in [0, 0.05) is 11.1 Å². The van der Waals surface area contributed by atoms with Crippen molar-refractivity contribution < 1.29 is 8.78 Å². The summed E-state index contributed by atoms with van der Waals surface area (Å²) >= 11 is 0. The van der Waals surface area contributed by atoms with E-state index in [1.54, 1.807) is 6.92 Å². The van der Waals surface area contributed by atoms with Crippen LogP contribution < -0.4 is 5.73 Å². The van der Waals surface area contributed by atoms with Gasteiger partial charge >= 0.3 is 0 Å². The molecule has 19 heavy (non-hydrogen) atoms. The van der Waals surface area contributed by atoms with E-state index in [2.05, 4.69) is 4.90 Å². The van der Waals surface area contributed by atoms with Gasteiger partial charge in [0.25, 0.3) is 0 Å². The van der Waals surface area contributed by atoms with Gasteiger partial charge in [-0.2, -0.15) is 0 Å². The minimum Gasteiger partial charge on any atom is -0.322 e. The van der Waals surface area contributed by atoms with Crippen LogP contribution in [0.1, 0.15) is 43.9 Å².